The van der Waals surface area contributed by atoms with Crippen molar-refractivity contribution in [2.24, 2.45) is 0 Å². The average molecular weight is 290 g/mol. The fraction of sp³-hybridized carbons (Fsp3) is 0. The lowest BCUT2D eigenvalue weighted by atomic mass is 10.2. The monoisotopic (exact) mass is 289 g/mol. The number of pyridine rings is 1. The number of halogens is 2. The van der Waals surface area contributed by atoms with E-state index < -0.39 is 0 Å². The molecule has 0 saturated heterocycles. The normalized spacial score (nSPS) is 10.8. The highest BCUT2D eigenvalue weighted by molar-refractivity contribution is 7.99. The lowest BCUT2D eigenvalue weighted by molar-refractivity contribution is 0.626. The first-order valence-electron chi connectivity index (χ1n) is 5.70. The van der Waals surface area contributed by atoms with E-state index in [-0.39, 0.29) is 5.82 Å². The molecule has 0 aliphatic heterocycles. The van der Waals surface area contributed by atoms with Gasteiger partial charge in [0.15, 0.2) is 0 Å². The topological polar surface area (TPSA) is 12.9 Å². The minimum absolute atomic E-state index is 0.229. The summed E-state index contributed by atoms with van der Waals surface area (Å²) in [4.78, 5) is 6.35. The summed E-state index contributed by atoms with van der Waals surface area (Å²) in [6.07, 6.45) is 1.78. The second-order valence-corrected chi connectivity index (χ2v) is 5.59. The lowest BCUT2D eigenvalue weighted by Crippen LogP contribution is -1.82. The van der Waals surface area contributed by atoms with Crippen molar-refractivity contribution in [3.05, 3.63) is 65.6 Å². The molecule has 0 spiro atoms. The third-order valence-corrected chi connectivity index (χ3v) is 3.96. The molecule has 0 bridgehead atoms. The predicted octanol–water partition coefficient (Wildman–Crippen LogP) is 5.18. The van der Waals surface area contributed by atoms with Crippen LogP contribution in [0.5, 0.6) is 0 Å². The van der Waals surface area contributed by atoms with Crippen molar-refractivity contribution in [3.8, 4) is 0 Å². The molecule has 94 valence electrons. The Morgan fingerprint density at radius 1 is 1.00 bits per heavy atom. The van der Waals surface area contributed by atoms with Crippen LogP contribution in [0.25, 0.3) is 10.9 Å². The van der Waals surface area contributed by atoms with Crippen LogP contribution in [0.4, 0.5) is 4.39 Å². The molecular formula is C15H9ClFNS. The molecule has 2 aromatic carbocycles. The van der Waals surface area contributed by atoms with Gasteiger partial charge in [0, 0.05) is 21.4 Å². The van der Waals surface area contributed by atoms with Crippen molar-refractivity contribution < 1.29 is 4.39 Å². The maximum Gasteiger partial charge on any atom is 0.123 e. The van der Waals surface area contributed by atoms with Crippen LogP contribution >= 0.6 is 23.4 Å². The van der Waals surface area contributed by atoms with Gasteiger partial charge in [0.25, 0.3) is 0 Å². The molecular weight excluding hydrogens is 281 g/mol. The molecule has 3 rings (SSSR count). The zero-order valence-corrected chi connectivity index (χ0v) is 11.4. The molecule has 1 heterocycles. The van der Waals surface area contributed by atoms with Gasteiger partial charge in [-0.2, -0.15) is 0 Å². The first-order valence-corrected chi connectivity index (χ1v) is 6.89. The largest absolute Gasteiger partial charge is 0.254 e. The molecule has 0 atom stereocenters. The maximum absolute atomic E-state index is 12.8. The molecule has 0 radical (unpaired) electrons. The number of benzene rings is 2. The first-order chi connectivity index (χ1) is 9.22. The van der Waals surface area contributed by atoms with Crippen LogP contribution in [-0.2, 0) is 0 Å². The molecule has 19 heavy (non-hydrogen) atoms. The van der Waals surface area contributed by atoms with Gasteiger partial charge >= 0.3 is 0 Å². The summed E-state index contributed by atoms with van der Waals surface area (Å²) in [5.74, 6) is -0.229. The van der Waals surface area contributed by atoms with Crippen LogP contribution in [0.2, 0.25) is 5.02 Å². The van der Waals surface area contributed by atoms with Gasteiger partial charge in [-0.15, -0.1) is 0 Å². The highest BCUT2D eigenvalue weighted by atomic mass is 35.5. The quantitative estimate of drug-likeness (QED) is 0.645. The fourth-order valence-corrected chi connectivity index (χ4v) is 2.86. The molecule has 0 fully saturated rings. The zero-order valence-electron chi connectivity index (χ0n) is 9.81. The Labute approximate surface area is 119 Å². The van der Waals surface area contributed by atoms with Gasteiger partial charge in [-0.05, 0) is 36.4 Å². The molecule has 3 aromatic rings. The van der Waals surface area contributed by atoms with Crippen molar-refractivity contribution in [1.29, 1.82) is 0 Å². The minimum atomic E-state index is -0.229. The van der Waals surface area contributed by atoms with Crippen LogP contribution < -0.4 is 0 Å². The van der Waals surface area contributed by atoms with Gasteiger partial charge in [-0.25, -0.2) is 4.39 Å². The van der Waals surface area contributed by atoms with E-state index in [0.717, 1.165) is 20.7 Å². The highest BCUT2D eigenvalue weighted by Crippen LogP contribution is 2.30. The van der Waals surface area contributed by atoms with E-state index >= 15 is 0 Å². The van der Waals surface area contributed by atoms with Crippen molar-refractivity contribution in [3.63, 3.8) is 0 Å². The predicted molar refractivity (Wildman–Crippen MR) is 77.3 cm³/mol. The van der Waals surface area contributed by atoms with E-state index in [1.807, 2.05) is 24.3 Å². The van der Waals surface area contributed by atoms with Gasteiger partial charge in [0.2, 0.25) is 0 Å². The minimum Gasteiger partial charge on any atom is -0.254 e. The molecule has 1 nitrogen and oxygen atoms in total. The molecule has 0 aliphatic carbocycles. The van der Waals surface area contributed by atoms with E-state index in [4.69, 9.17) is 11.6 Å². The van der Waals surface area contributed by atoms with Crippen molar-refractivity contribution in [2.75, 3.05) is 0 Å². The third-order valence-electron chi connectivity index (χ3n) is 2.69. The van der Waals surface area contributed by atoms with E-state index in [2.05, 4.69) is 4.98 Å². The van der Waals surface area contributed by atoms with Crippen LogP contribution in [-0.4, -0.2) is 4.98 Å². The van der Waals surface area contributed by atoms with Crippen molar-refractivity contribution >= 4 is 34.3 Å². The molecule has 0 aliphatic rings. The second kappa shape index (κ2) is 5.19. The lowest BCUT2D eigenvalue weighted by Gasteiger charge is -2.04. The highest BCUT2D eigenvalue weighted by Gasteiger charge is 2.03. The number of hydrogen-bond donors (Lipinski definition) is 0. The standard InChI is InChI=1S/C15H9ClFNS/c16-14-3-1-2-10-8-13(9-18-15(10)14)19-12-6-4-11(17)5-7-12/h1-9H. The van der Waals surface area contributed by atoms with Crippen molar-refractivity contribution in [1.82, 2.24) is 4.98 Å². The Morgan fingerprint density at radius 3 is 2.58 bits per heavy atom. The van der Waals surface area contributed by atoms with Crippen molar-refractivity contribution in [2.45, 2.75) is 9.79 Å². The summed E-state index contributed by atoms with van der Waals surface area (Å²) in [5, 5.41) is 1.65. The first kappa shape index (κ1) is 12.5. The molecule has 4 heteroatoms. The number of hydrogen-bond acceptors (Lipinski definition) is 2. The van der Waals surface area contributed by atoms with Gasteiger partial charge in [0.1, 0.15) is 5.82 Å². The summed E-state index contributed by atoms with van der Waals surface area (Å²) in [5.41, 5.74) is 0.799. The number of fused-ring (bicyclic) bond motifs is 1. The molecule has 0 unspecified atom stereocenters. The summed E-state index contributed by atoms with van der Waals surface area (Å²) >= 11 is 7.62. The SMILES string of the molecule is Fc1ccc(Sc2cnc3c(Cl)cccc3c2)cc1. The number of aromatic nitrogens is 1. The van der Waals surface area contributed by atoms with Crippen LogP contribution in [0.1, 0.15) is 0 Å². The molecule has 0 amide bonds. The number of para-hydroxylation sites is 1. The number of nitrogens with zero attached hydrogens (tertiary/aromatic N) is 1. The molecule has 0 saturated carbocycles. The summed E-state index contributed by atoms with van der Waals surface area (Å²) in [6.45, 7) is 0. The average Bonchev–Trinajstić information content (AvgIpc) is 2.42. The second-order valence-electron chi connectivity index (χ2n) is 4.04. The fourth-order valence-electron chi connectivity index (χ4n) is 1.80. The van der Waals surface area contributed by atoms with Crippen LogP contribution in [0.3, 0.4) is 0 Å². The van der Waals surface area contributed by atoms with E-state index in [1.165, 1.54) is 12.1 Å². The van der Waals surface area contributed by atoms with Gasteiger partial charge < -0.3 is 0 Å². The van der Waals surface area contributed by atoms with Gasteiger partial charge in [0.05, 0.1) is 10.5 Å². The Bertz CT molecular complexity index is 728. The molecule has 1 aromatic heterocycles. The Morgan fingerprint density at radius 2 is 1.79 bits per heavy atom. The summed E-state index contributed by atoms with van der Waals surface area (Å²) in [6, 6.07) is 14.1. The smallest absolute Gasteiger partial charge is 0.123 e. The van der Waals surface area contributed by atoms with Gasteiger partial charge in [-0.1, -0.05) is 35.5 Å². The third kappa shape index (κ3) is 2.72. The summed E-state index contributed by atoms with van der Waals surface area (Å²) in [7, 11) is 0. The van der Waals surface area contributed by atoms with E-state index in [0.29, 0.717) is 5.02 Å². The zero-order chi connectivity index (χ0) is 13.2. The Balaban J connectivity index is 1.95. The van der Waals surface area contributed by atoms with E-state index in [9.17, 15) is 4.39 Å². The Hall–Kier alpha value is -1.58. The van der Waals surface area contributed by atoms with E-state index in [1.54, 1.807) is 30.1 Å². The van der Waals surface area contributed by atoms with Crippen LogP contribution in [0, 0.1) is 5.82 Å². The number of rotatable bonds is 2. The molecule has 0 N–H and O–H groups in total. The maximum atomic E-state index is 12.8. The summed E-state index contributed by atoms with van der Waals surface area (Å²) < 4.78 is 12.8. The van der Waals surface area contributed by atoms with Crippen LogP contribution in [0.15, 0.2) is 64.5 Å². The van der Waals surface area contributed by atoms with Gasteiger partial charge in [-0.3, -0.25) is 4.98 Å². The Kier molecular flexibility index (Phi) is 3.40.